The number of carbonyl (C=O) groups is 4. The van der Waals surface area contributed by atoms with Crippen LogP contribution in [0.5, 0.6) is 0 Å². The number of carbonyl (C=O) groups excluding carboxylic acids is 4. The summed E-state index contributed by atoms with van der Waals surface area (Å²) in [6, 6.07) is 26.4. The molecule has 0 bridgehead atoms. The molecule has 0 aromatic heterocycles. The van der Waals surface area contributed by atoms with Crippen LogP contribution < -0.4 is 226 Å². The Balaban J connectivity index is 0.00000812. The van der Waals surface area contributed by atoms with Crippen molar-refractivity contribution in [3.63, 3.8) is 0 Å². The zero-order valence-corrected chi connectivity index (χ0v) is 47.6. The molecule has 0 unspecified atom stereocenters. The van der Waals surface area contributed by atoms with Gasteiger partial charge in [-0.05, 0) is 105 Å². The molecule has 0 spiro atoms. The molecular formula is C40H40K4O12S2. The van der Waals surface area contributed by atoms with Crippen LogP contribution in [0.4, 0.5) is 0 Å². The van der Waals surface area contributed by atoms with E-state index in [-0.39, 0.29) is 283 Å². The molecule has 1 aliphatic rings. The maximum Gasteiger partial charge on any atom is 1.00 e. The standard InChI is InChI=1S/C40H44O12S2.4K/c41-35(42)15-7-23-49-39(50-24-8-16-36(43)44)28-34(54-31-13-5-2-6-14-31)40(51-25-9-17-37(45)46,52-26-10-18-38(47)48)27-33(39)29-19-21-32(22-20-29)53-30-11-3-1-4-12-30;;;;/h1-6,11-14,19-22,27-28H,7-10,15-18,23-26H2,(H,41,42)(H,43,44)(H,45,46)(H,47,48);;;;/q;4*+1/p-4. The van der Waals surface area contributed by atoms with Crippen LogP contribution in [0.1, 0.15) is 56.9 Å². The minimum Gasteiger partial charge on any atom is -0.550 e. The Labute approximate surface area is 517 Å². The van der Waals surface area contributed by atoms with Crippen molar-refractivity contribution in [2.45, 2.75) is 77.6 Å². The van der Waals surface area contributed by atoms with Gasteiger partial charge < -0.3 is 58.6 Å². The van der Waals surface area contributed by atoms with E-state index in [1.54, 1.807) is 12.2 Å². The normalized spacial score (nSPS) is 13.5. The van der Waals surface area contributed by atoms with E-state index in [1.165, 1.54) is 23.5 Å². The van der Waals surface area contributed by atoms with Crippen LogP contribution in [-0.4, -0.2) is 61.9 Å². The fraction of sp³-hybridized carbons (Fsp3) is 0.350. The van der Waals surface area contributed by atoms with Gasteiger partial charge in [0.25, 0.3) is 0 Å². The number of ether oxygens (including phenoxy) is 4. The maximum atomic E-state index is 11.3. The van der Waals surface area contributed by atoms with Crippen LogP contribution >= 0.6 is 23.5 Å². The molecule has 0 aliphatic heterocycles. The molecule has 3 aromatic carbocycles. The van der Waals surface area contributed by atoms with Crippen molar-refractivity contribution in [3.8, 4) is 0 Å². The number of carboxylic acids is 4. The molecule has 0 saturated carbocycles. The van der Waals surface area contributed by atoms with Gasteiger partial charge in [-0.15, -0.1) is 0 Å². The number of hydrogen-bond donors (Lipinski definition) is 0. The van der Waals surface area contributed by atoms with Crippen molar-refractivity contribution in [2.75, 3.05) is 26.4 Å². The van der Waals surface area contributed by atoms with Crippen LogP contribution in [0.25, 0.3) is 5.57 Å². The van der Waals surface area contributed by atoms with Gasteiger partial charge in [0.05, 0.1) is 31.3 Å². The number of rotatable bonds is 25. The molecule has 288 valence electrons. The zero-order chi connectivity index (χ0) is 38.8. The number of aliphatic carboxylic acids is 4. The first-order valence-electron chi connectivity index (χ1n) is 17.4. The van der Waals surface area contributed by atoms with E-state index >= 15 is 0 Å². The number of hydrogen-bond acceptors (Lipinski definition) is 14. The third kappa shape index (κ3) is 21.4. The molecule has 58 heavy (non-hydrogen) atoms. The first-order valence-corrected chi connectivity index (χ1v) is 19.0. The topological polar surface area (TPSA) is 197 Å². The van der Waals surface area contributed by atoms with Gasteiger partial charge >= 0.3 is 206 Å². The zero-order valence-electron chi connectivity index (χ0n) is 33.4. The quantitative estimate of drug-likeness (QED) is 0.0442. The summed E-state index contributed by atoms with van der Waals surface area (Å²) in [5.74, 6) is -8.55. The molecular weight excluding hydrogens is 893 g/mol. The van der Waals surface area contributed by atoms with Gasteiger partial charge in [0.2, 0.25) is 11.6 Å². The molecule has 0 radical (unpaired) electrons. The summed E-state index contributed by atoms with van der Waals surface area (Å²) in [5, 5.41) is 45.3. The van der Waals surface area contributed by atoms with Gasteiger partial charge in [-0.1, -0.05) is 72.1 Å². The first-order chi connectivity index (χ1) is 26.0. The maximum absolute atomic E-state index is 11.3. The SMILES string of the molecule is O=C([O-])CCCOC1(OCCCC(=O)[O-])C=C(c2ccc(Sc3ccccc3)cc2)C(OCCCC(=O)[O-])(OCCCC(=O)[O-])C=C1Sc1ccccc1.[K+].[K+].[K+].[K+]. The number of benzene rings is 3. The van der Waals surface area contributed by atoms with Crippen molar-refractivity contribution in [1.29, 1.82) is 0 Å². The van der Waals surface area contributed by atoms with Crippen molar-refractivity contribution in [3.05, 3.63) is 108 Å². The molecule has 0 N–H and O–H groups in total. The molecule has 0 amide bonds. The summed E-state index contributed by atoms with van der Waals surface area (Å²) < 4.78 is 25.8. The van der Waals surface area contributed by atoms with E-state index in [0.717, 1.165) is 14.7 Å². The van der Waals surface area contributed by atoms with Gasteiger partial charge in [-0.25, -0.2) is 0 Å². The second-order valence-corrected chi connectivity index (χ2v) is 14.3. The van der Waals surface area contributed by atoms with E-state index in [2.05, 4.69) is 0 Å². The van der Waals surface area contributed by atoms with Crippen LogP contribution in [0, 0.1) is 0 Å². The largest absolute Gasteiger partial charge is 1.00 e. The monoisotopic (exact) mass is 932 g/mol. The molecule has 0 heterocycles. The van der Waals surface area contributed by atoms with Crippen LogP contribution in [0.2, 0.25) is 0 Å². The first kappa shape index (κ1) is 60.1. The van der Waals surface area contributed by atoms with E-state index < -0.39 is 35.5 Å². The Morgan fingerprint density at radius 2 is 0.793 bits per heavy atom. The van der Waals surface area contributed by atoms with Crippen LogP contribution in [-0.2, 0) is 38.1 Å². The number of thioether (sulfide) groups is 1. The predicted octanol–water partition coefficient (Wildman–Crippen LogP) is -9.49. The average Bonchev–Trinajstić information content (AvgIpc) is 3.14. The Kier molecular flexibility index (Phi) is 33.9. The fourth-order valence-electron chi connectivity index (χ4n) is 5.35. The van der Waals surface area contributed by atoms with Crippen LogP contribution in [0.15, 0.2) is 117 Å². The third-order valence-corrected chi connectivity index (χ3v) is 10.0. The number of carboxylic acid groups (broad SMARTS) is 4. The molecule has 1 aliphatic carbocycles. The Hall–Kier alpha value is 2.11. The van der Waals surface area contributed by atoms with E-state index in [4.69, 9.17) is 18.9 Å². The predicted molar refractivity (Wildman–Crippen MR) is 192 cm³/mol. The van der Waals surface area contributed by atoms with Gasteiger partial charge in [0.15, 0.2) is 0 Å². The van der Waals surface area contributed by atoms with Gasteiger partial charge in [-0.2, -0.15) is 0 Å². The summed E-state index contributed by atoms with van der Waals surface area (Å²) in [4.78, 5) is 48.3. The summed E-state index contributed by atoms with van der Waals surface area (Å²) in [7, 11) is 0. The minimum absolute atomic E-state index is 0. The second kappa shape index (κ2) is 32.7. The average molecular weight is 933 g/mol. The summed E-state index contributed by atoms with van der Waals surface area (Å²) in [6.07, 6.45) is 2.32. The van der Waals surface area contributed by atoms with E-state index in [1.807, 2.05) is 84.9 Å². The van der Waals surface area contributed by atoms with Crippen molar-refractivity contribution >= 4 is 53.0 Å². The van der Waals surface area contributed by atoms with Gasteiger partial charge in [-0.3, -0.25) is 0 Å². The van der Waals surface area contributed by atoms with Gasteiger partial charge in [0, 0.05) is 44.1 Å². The molecule has 18 heteroatoms. The van der Waals surface area contributed by atoms with E-state index in [0.29, 0.717) is 16.0 Å². The molecule has 0 fully saturated rings. The molecule has 12 nitrogen and oxygen atoms in total. The van der Waals surface area contributed by atoms with Gasteiger partial charge in [0.1, 0.15) is 0 Å². The summed E-state index contributed by atoms with van der Waals surface area (Å²) in [6.45, 7) is -0.438. The Bertz CT molecular complexity index is 1720. The Morgan fingerprint density at radius 3 is 1.17 bits per heavy atom. The molecule has 4 rings (SSSR count). The Morgan fingerprint density at radius 1 is 0.448 bits per heavy atom. The summed E-state index contributed by atoms with van der Waals surface area (Å²) in [5.41, 5.74) is 0.936. The van der Waals surface area contributed by atoms with E-state index in [9.17, 15) is 39.6 Å². The second-order valence-electron chi connectivity index (χ2n) is 12.1. The molecule has 3 aromatic rings. The minimum atomic E-state index is -1.75. The van der Waals surface area contributed by atoms with Crippen molar-refractivity contribution in [2.24, 2.45) is 0 Å². The molecule has 0 atom stereocenters. The van der Waals surface area contributed by atoms with Crippen LogP contribution in [0.3, 0.4) is 0 Å². The fourth-order valence-corrected chi connectivity index (χ4v) is 7.27. The molecule has 0 saturated heterocycles. The third-order valence-electron chi connectivity index (χ3n) is 7.86. The van der Waals surface area contributed by atoms with Crippen molar-refractivity contribution < 1.29 is 264 Å². The smallest absolute Gasteiger partial charge is 0.550 e. The summed E-state index contributed by atoms with van der Waals surface area (Å²) >= 11 is 2.77. The van der Waals surface area contributed by atoms with Crippen molar-refractivity contribution in [1.82, 2.24) is 0 Å².